The van der Waals surface area contributed by atoms with Gasteiger partial charge in [-0.15, -0.1) is 0 Å². The van der Waals surface area contributed by atoms with Crippen LogP contribution in [0.4, 0.5) is 24.7 Å². The summed E-state index contributed by atoms with van der Waals surface area (Å²) in [6, 6.07) is 6.87. The van der Waals surface area contributed by atoms with Crippen LogP contribution >= 0.6 is 0 Å². The average Bonchev–Trinajstić information content (AvgIpc) is 2.76. The molecule has 0 spiro atoms. The van der Waals surface area contributed by atoms with Gasteiger partial charge < -0.3 is 30.0 Å². The molecule has 34 heavy (non-hydrogen) atoms. The molecule has 0 bridgehead atoms. The van der Waals surface area contributed by atoms with Crippen molar-refractivity contribution in [1.29, 1.82) is 0 Å². The van der Waals surface area contributed by atoms with Crippen molar-refractivity contribution in [1.82, 2.24) is 9.97 Å². The summed E-state index contributed by atoms with van der Waals surface area (Å²) < 4.78 is 61.4. The Balaban J connectivity index is 1.97. The van der Waals surface area contributed by atoms with Gasteiger partial charge in [0, 0.05) is 37.9 Å². The Bertz CT molecular complexity index is 1140. The third kappa shape index (κ3) is 6.17. The maximum Gasteiger partial charge on any atom is 0.416 e. The summed E-state index contributed by atoms with van der Waals surface area (Å²) in [5.41, 5.74) is 5.84. The second kappa shape index (κ2) is 10.7. The molecule has 0 atom stereocenters. The molecule has 1 aromatic heterocycles. The van der Waals surface area contributed by atoms with Crippen LogP contribution in [-0.2, 0) is 22.2 Å². The Morgan fingerprint density at radius 3 is 2.29 bits per heavy atom. The first-order valence-electron chi connectivity index (χ1n) is 10.4. The molecule has 1 heterocycles. The lowest BCUT2D eigenvalue weighted by atomic mass is 10.1. The van der Waals surface area contributed by atoms with E-state index in [9.17, 15) is 13.2 Å². The zero-order chi connectivity index (χ0) is 24.9. The number of nitrogens with two attached hydrogens (primary N) is 1. The Morgan fingerprint density at radius 1 is 0.971 bits per heavy atom. The molecule has 8 nitrogen and oxygen atoms in total. The molecule has 0 amide bonds. The number of hydrogen-bond donors (Lipinski definition) is 2. The molecule has 0 fully saturated rings. The summed E-state index contributed by atoms with van der Waals surface area (Å²) in [7, 11) is 4.63. The predicted molar refractivity (Wildman–Crippen MR) is 122 cm³/mol. The lowest BCUT2D eigenvalue weighted by molar-refractivity contribution is -0.137. The summed E-state index contributed by atoms with van der Waals surface area (Å²) >= 11 is 0. The van der Waals surface area contributed by atoms with Crippen molar-refractivity contribution < 1.29 is 32.1 Å². The minimum absolute atomic E-state index is 0.0260. The van der Waals surface area contributed by atoms with Gasteiger partial charge in [0.05, 0.1) is 31.4 Å². The van der Waals surface area contributed by atoms with Crippen LogP contribution in [0.1, 0.15) is 17.0 Å². The summed E-state index contributed by atoms with van der Waals surface area (Å²) in [5.74, 6) is 1.79. The van der Waals surface area contributed by atoms with E-state index < -0.39 is 17.8 Å². The van der Waals surface area contributed by atoms with Crippen molar-refractivity contribution in [3.8, 4) is 11.5 Å². The number of halogens is 3. The molecular formula is C23H27F3N4O4. The molecule has 3 rings (SSSR count). The van der Waals surface area contributed by atoms with Crippen LogP contribution in [0.25, 0.3) is 10.9 Å². The van der Waals surface area contributed by atoms with Crippen LogP contribution in [0.5, 0.6) is 11.5 Å². The number of ether oxygens (including phenoxy) is 4. The molecule has 3 aromatic rings. The molecule has 0 aliphatic carbocycles. The van der Waals surface area contributed by atoms with Crippen molar-refractivity contribution in [3.05, 3.63) is 47.3 Å². The average molecular weight is 480 g/mol. The molecule has 0 saturated carbocycles. The second-order valence-electron chi connectivity index (χ2n) is 7.60. The van der Waals surface area contributed by atoms with Gasteiger partial charge in [0.2, 0.25) is 0 Å². The van der Waals surface area contributed by atoms with E-state index in [0.29, 0.717) is 52.8 Å². The number of nitrogens with zero attached hydrogens (tertiary/aromatic N) is 2. The molecule has 0 radical (unpaired) electrons. The highest BCUT2D eigenvalue weighted by atomic mass is 19.4. The Kier molecular flexibility index (Phi) is 8.00. The van der Waals surface area contributed by atoms with Gasteiger partial charge in [-0.25, -0.2) is 9.97 Å². The number of methoxy groups -OCH3 is 3. The summed E-state index contributed by atoms with van der Waals surface area (Å²) in [6.07, 6.45) is -4.89. The summed E-state index contributed by atoms with van der Waals surface area (Å²) in [4.78, 5) is 8.89. The van der Waals surface area contributed by atoms with E-state index in [0.717, 1.165) is 12.1 Å². The van der Waals surface area contributed by atoms with Crippen LogP contribution in [0.15, 0.2) is 30.3 Å². The van der Waals surface area contributed by atoms with Crippen LogP contribution in [0.3, 0.4) is 0 Å². The van der Waals surface area contributed by atoms with Crippen molar-refractivity contribution in [3.63, 3.8) is 0 Å². The fraction of sp³-hybridized carbons (Fsp3) is 0.391. The zero-order valence-corrected chi connectivity index (χ0v) is 19.3. The van der Waals surface area contributed by atoms with E-state index in [1.54, 1.807) is 33.3 Å². The smallest absolute Gasteiger partial charge is 0.416 e. The Hall–Kier alpha value is -3.31. The maximum absolute atomic E-state index is 13.2. The van der Waals surface area contributed by atoms with E-state index in [4.69, 9.17) is 24.7 Å². The zero-order valence-electron chi connectivity index (χ0n) is 19.3. The number of rotatable bonds is 10. The monoisotopic (exact) mass is 480 g/mol. The van der Waals surface area contributed by atoms with Gasteiger partial charge in [0.1, 0.15) is 17.7 Å². The van der Waals surface area contributed by atoms with E-state index in [1.165, 1.54) is 13.2 Å². The van der Waals surface area contributed by atoms with Crippen molar-refractivity contribution in [2.75, 3.05) is 45.6 Å². The fourth-order valence-electron chi connectivity index (χ4n) is 3.48. The maximum atomic E-state index is 13.2. The minimum atomic E-state index is -4.49. The van der Waals surface area contributed by atoms with E-state index in [1.807, 2.05) is 0 Å². The number of nitrogen functional groups attached to an aromatic ring is 1. The van der Waals surface area contributed by atoms with Crippen LogP contribution in [0, 0.1) is 6.92 Å². The molecule has 2 aromatic carbocycles. The number of benzene rings is 2. The van der Waals surface area contributed by atoms with Crippen molar-refractivity contribution >= 4 is 22.4 Å². The quantitative estimate of drug-likeness (QED) is 0.417. The van der Waals surface area contributed by atoms with Crippen LogP contribution < -0.4 is 20.5 Å². The molecular weight excluding hydrogens is 453 g/mol. The minimum Gasteiger partial charge on any atom is -0.493 e. The van der Waals surface area contributed by atoms with Gasteiger partial charge in [-0.1, -0.05) is 0 Å². The molecule has 184 valence electrons. The number of alkyl halides is 3. The first kappa shape index (κ1) is 25.3. The highest BCUT2D eigenvalue weighted by Gasteiger charge is 2.31. The number of anilines is 2. The topological polar surface area (TPSA) is 101 Å². The van der Waals surface area contributed by atoms with Gasteiger partial charge in [-0.2, -0.15) is 13.2 Å². The Labute approximate surface area is 195 Å². The standard InChI is InChI=1S/C23H27F3N4O4/c1-13-29-19-9-20(33-4)21(34-17(11-31-2)12-32-3)8-18(19)22(30-13)28-10-14-5-15(23(24,25)26)7-16(27)6-14/h5-9,17H,10-12,27H2,1-4H3,(H,28,29,30). The highest BCUT2D eigenvalue weighted by molar-refractivity contribution is 5.91. The predicted octanol–water partition coefficient (Wildman–Crippen LogP) is 4.20. The van der Waals surface area contributed by atoms with Gasteiger partial charge in [0.25, 0.3) is 0 Å². The molecule has 11 heteroatoms. The first-order chi connectivity index (χ1) is 16.1. The molecule has 0 aliphatic heterocycles. The van der Waals surface area contributed by atoms with Crippen LogP contribution in [-0.4, -0.2) is 50.6 Å². The Morgan fingerprint density at radius 2 is 1.68 bits per heavy atom. The van der Waals surface area contributed by atoms with E-state index >= 15 is 0 Å². The SMILES string of the molecule is COCC(COC)Oc1cc2c(NCc3cc(N)cc(C(F)(F)F)c3)nc(C)nc2cc1OC. The summed E-state index contributed by atoms with van der Waals surface area (Å²) in [5, 5.41) is 3.71. The molecule has 0 saturated heterocycles. The number of fused-ring (bicyclic) bond motifs is 1. The number of nitrogens with one attached hydrogen (secondary N) is 1. The van der Waals surface area contributed by atoms with Gasteiger partial charge >= 0.3 is 6.18 Å². The third-order valence-corrected chi connectivity index (χ3v) is 4.89. The normalized spacial score (nSPS) is 11.8. The van der Waals surface area contributed by atoms with Gasteiger partial charge in [0.15, 0.2) is 11.5 Å². The van der Waals surface area contributed by atoms with Crippen molar-refractivity contribution in [2.24, 2.45) is 0 Å². The van der Waals surface area contributed by atoms with Gasteiger partial charge in [-0.05, 0) is 36.8 Å². The highest BCUT2D eigenvalue weighted by Crippen LogP contribution is 2.36. The third-order valence-electron chi connectivity index (χ3n) is 4.89. The molecule has 3 N–H and O–H groups in total. The number of aromatic nitrogens is 2. The van der Waals surface area contributed by atoms with Crippen molar-refractivity contribution in [2.45, 2.75) is 25.7 Å². The van der Waals surface area contributed by atoms with E-state index in [-0.39, 0.29) is 12.2 Å². The molecule has 0 aliphatic rings. The summed E-state index contributed by atoms with van der Waals surface area (Å²) in [6.45, 7) is 2.37. The van der Waals surface area contributed by atoms with Gasteiger partial charge in [-0.3, -0.25) is 0 Å². The fourth-order valence-corrected chi connectivity index (χ4v) is 3.48. The number of hydrogen-bond acceptors (Lipinski definition) is 8. The lowest BCUT2D eigenvalue weighted by Gasteiger charge is -2.20. The van der Waals surface area contributed by atoms with E-state index in [2.05, 4.69) is 15.3 Å². The largest absolute Gasteiger partial charge is 0.493 e. The van der Waals surface area contributed by atoms with Crippen LogP contribution in [0.2, 0.25) is 0 Å². The first-order valence-corrected chi connectivity index (χ1v) is 10.4. The lowest BCUT2D eigenvalue weighted by Crippen LogP contribution is -2.27. The number of aryl methyl sites for hydroxylation is 1. The second-order valence-corrected chi connectivity index (χ2v) is 7.60. The molecule has 0 unspecified atom stereocenters.